The van der Waals surface area contributed by atoms with Crippen LogP contribution in [0.4, 0.5) is 0 Å². The Labute approximate surface area is 105 Å². The first-order valence-electron chi connectivity index (χ1n) is 7.16. The van der Waals surface area contributed by atoms with Gasteiger partial charge in [0, 0.05) is 36.6 Å². The molecule has 0 aromatic heterocycles. The van der Waals surface area contributed by atoms with E-state index in [0.717, 1.165) is 25.1 Å². The van der Waals surface area contributed by atoms with E-state index in [1.165, 1.54) is 25.8 Å². The second kappa shape index (κ2) is 4.22. The maximum Gasteiger partial charge on any atom is 0.0685 e. The van der Waals surface area contributed by atoms with Gasteiger partial charge in [0.05, 0.1) is 6.10 Å². The number of rotatable bonds is 3. The monoisotopic (exact) mass is 238 g/mol. The summed E-state index contributed by atoms with van der Waals surface area (Å²) in [5.41, 5.74) is 0.332. The lowest BCUT2D eigenvalue weighted by Gasteiger charge is -2.55. The van der Waals surface area contributed by atoms with Crippen LogP contribution >= 0.6 is 0 Å². The fourth-order valence-corrected chi connectivity index (χ4v) is 4.24. The number of ether oxygens (including phenoxy) is 1. The molecule has 0 bridgehead atoms. The van der Waals surface area contributed by atoms with Gasteiger partial charge in [0.25, 0.3) is 0 Å². The molecule has 2 aliphatic heterocycles. The highest BCUT2D eigenvalue weighted by Gasteiger charge is 2.59. The summed E-state index contributed by atoms with van der Waals surface area (Å²) in [5.74, 6) is 0.775. The fraction of sp³-hybridized carbons (Fsp3) is 1.00. The Kier molecular flexibility index (Phi) is 2.96. The van der Waals surface area contributed by atoms with Crippen LogP contribution in [-0.4, -0.2) is 49.8 Å². The van der Waals surface area contributed by atoms with Crippen molar-refractivity contribution >= 4 is 0 Å². The molecule has 17 heavy (non-hydrogen) atoms. The minimum absolute atomic E-state index is 0.332. The van der Waals surface area contributed by atoms with Crippen molar-refractivity contribution in [2.45, 2.75) is 51.3 Å². The zero-order valence-corrected chi connectivity index (χ0v) is 11.4. The highest BCUT2D eigenvalue weighted by Crippen LogP contribution is 2.52. The lowest BCUT2D eigenvalue weighted by atomic mass is 9.57. The van der Waals surface area contributed by atoms with Crippen molar-refractivity contribution in [3.05, 3.63) is 0 Å². The first-order chi connectivity index (χ1) is 8.10. The molecule has 2 saturated heterocycles. The zero-order valence-electron chi connectivity index (χ0n) is 11.4. The average molecular weight is 238 g/mol. The van der Waals surface area contributed by atoms with Gasteiger partial charge in [-0.2, -0.15) is 0 Å². The lowest BCUT2D eigenvalue weighted by Crippen LogP contribution is -2.66. The molecular formula is C14H26N2O. The number of hydrogen-bond acceptors (Lipinski definition) is 3. The first kappa shape index (κ1) is 11.9. The Morgan fingerprint density at radius 3 is 2.88 bits per heavy atom. The molecule has 3 heteroatoms. The molecule has 1 aliphatic carbocycles. The Hall–Kier alpha value is -0.120. The smallest absolute Gasteiger partial charge is 0.0685 e. The van der Waals surface area contributed by atoms with Gasteiger partial charge in [-0.3, -0.25) is 0 Å². The minimum atomic E-state index is 0.332. The van der Waals surface area contributed by atoms with Crippen LogP contribution < -0.4 is 5.32 Å². The molecule has 1 N–H and O–H groups in total. The zero-order chi connectivity index (χ0) is 12.0. The number of likely N-dealkylation sites (N-methyl/N-ethyl adjacent to an activating group) is 1. The summed E-state index contributed by atoms with van der Waals surface area (Å²) >= 11 is 0. The van der Waals surface area contributed by atoms with E-state index in [2.05, 4.69) is 31.1 Å². The predicted octanol–water partition coefficient (Wildman–Crippen LogP) is 1.48. The van der Waals surface area contributed by atoms with Crippen LogP contribution in [0.25, 0.3) is 0 Å². The second-order valence-corrected chi connectivity index (χ2v) is 6.73. The van der Waals surface area contributed by atoms with Crippen LogP contribution in [0.15, 0.2) is 0 Å². The Balaban J connectivity index is 1.55. The SMILES string of the molecule is CN1CCCC1CNC1C2CCOC2C1(C)C. The van der Waals surface area contributed by atoms with Crippen molar-refractivity contribution in [3.63, 3.8) is 0 Å². The van der Waals surface area contributed by atoms with Crippen molar-refractivity contribution in [2.24, 2.45) is 11.3 Å². The number of nitrogens with one attached hydrogen (secondary N) is 1. The van der Waals surface area contributed by atoms with Gasteiger partial charge in [0.15, 0.2) is 0 Å². The van der Waals surface area contributed by atoms with Crippen molar-refractivity contribution in [1.82, 2.24) is 10.2 Å². The highest BCUT2D eigenvalue weighted by molar-refractivity contribution is 5.11. The first-order valence-corrected chi connectivity index (χ1v) is 7.16. The molecule has 0 aromatic carbocycles. The van der Waals surface area contributed by atoms with Gasteiger partial charge in [-0.15, -0.1) is 0 Å². The summed E-state index contributed by atoms with van der Waals surface area (Å²) < 4.78 is 5.84. The minimum Gasteiger partial charge on any atom is -0.377 e. The van der Waals surface area contributed by atoms with Gasteiger partial charge in [0.2, 0.25) is 0 Å². The number of hydrogen-bond donors (Lipinski definition) is 1. The molecule has 1 saturated carbocycles. The lowest BCUT2D eigenvalue weighted by molar-refractivity contribution is -0.113. The van der Waals surface area contributed by atoms with Crippen LogP contribution in [0.3, 0.4) is 0 Å². The van der Waals surface area contributed by atoms with Gasteiger partial charge < -0.3 is 15.0 Å². The van der Waals surface area contributed by atoms with Gasteiger partial charge in [0.1, 0.15) is 0 Å². The Morgan fingerprint density at radius 2 is 2.18 bits per heavy atom. The largest absolute Gasteiger partial charge is 0.377 e. The summed E-state index contributed by atoms with van der Waals surface area (Å²) in [4.78, 5) is 2.50. The quantitative estimate of drug-likeness (QED) is 0.806. The normalized spacial score (nSPS) is 44.6. The number of likely N-dealkylation sites (tertiary alicyclic amines) is 1. The summed E-state index contributed by atoms with van der Waals surface area (Å²) in [6, 6.07) is 1.43. The summed E-state index contributed by atoms with van der Waals surface area (Å²) in [7, 11) is 2.26. The van der Waals surface area contributed by atoms with E-state index in [4.69, 9.17) is 4.74 Å². The van der Waals surface area contributed by atoms with E-state index >= 15 is 0 Å². The molecule has 4 unspecified atom stereocenters. The van der Waals surface area contributed by atoms with Crippen molar-refractivity contribution in [2.75, 3.05) is 26.7 Å². The third-order valence-electron chi connectivity index (χ3n) is 5.35. The van der Waals surface area contributed by atoms with Gasteiger partial charge >= 0.3 is 0 Å². The third kappa shape index (κ3) is 1.83. The Bertz CT molecular complexity index is 292. The number of nitrogens with zero attached hydrogens (tertiary/aromatic N) is 1. The van der Waals surface area contributed by atoms with E-state index in [1.54, 1.807) is 0 Å². The van der Waals surface area contributed by atoms with Crippen LogP contribution in [0.1, 0.15) is 33.1 Å². The fourth-order valence-electron chi connectivity index (χ4n) is 4.24. The molecule has 4 atom stereocenters. The third-order valence-corrected chi connectivity index (χ3v) is 5.35. The highest BCUT2D eigenvalue weighted by atomic mass is 16.5. The standard InChI is InChI=1S/C14H26N2O/c1-14(2)12(11-6-8-17-13(11)14)15-9-10-5-4-7-16(10)3/h10-13,15H,4-9H2,1-3H3. The molecular weight excluding hydrogens is 212 g/mol. The summed E-state index contributed by atoms with van der Waals surface area (Å²) in [6.45, 7) is 8.12. The molecule has 3 nitrogen and oxygen atoms in total. The number of fused-ring (bicyclic) bond motifs is 1. The molecule has 3 aliphatic rings. The van der Waals surface area contributed by atoms with E-state index < -0.39 is 0 Å². The van der Waals surface area contributed by atoms with E-state index in [9.17, 15) is 0 Å². The molecule has 3 fully saturated rings. The second-order valence-electron chi connectivity index (χ2n) is 6.73. The summed E-state index contributed by atoms with van der Waals surface area (Å²) in [5, 5.41) is 3.83. The average Bonchev–Trinajstić information content (AvgIpc) is 2.87. The molecule has 0 amide bonds. The van der Waals surface area contributed by atoms with Crippen molar-refractivity contribution in [1.29, 1.82) is 0 Å². The van der Waals surface area contributed by atoms with Gasteiger partial charge in [-0.1, -0.05) is 13.8 Å². The molecule has 3 rings (SSSR count). The van der Waals surface area contributed by atoms with Crippen molar-refractivity contribution in [3.8, 4) is 0 Å². The molecule has 0 spiro atoms. The molecule has 98 valence electrons. The van der Waals surface area contributed by atoms with E-state index in [1.807, 2.05) is 0 Å². The van der Waals surface area contributed by atoms with Crippen LogP contribution in [0, 0.1) is 11.3 Å². The Morgan fingerprint density at radius 1 is 1.35 bits per heavy atom. The van der Waals surface area contributed by atoms with Gasteiger partial charge in [-0.25, -0.2) is 0 Å². The maximum absolute atomic E-state index is 5.84. The summed E-state index contributed by atoms with van der Waals surface area (Å²) in [6.07, 6.45) is 4.50. The maximum atomic E-state index is 5.84. The topological polar surface area (TPSA) is 24.5 Å². The van der Waals surface area contributed by atoms with Crippen LogP contribution in [-0.2, 0) is 4.74 Å². The molecule has 2 heterocycles. The molecule has 0 radical (unpaired) electrons. The van der Waals surface area contributed by atoms with Crippen LogP contribution in [0.2, 0.25) is 0 Å². The van der Waals surface area contributed by atoms with Gasteiger partial charge in [-0.05, 0) is 32.9 Å². The van der Waals surface area contributed by atoms with Crippen LogP contribution in [0.5, 0.6) is 0 Å². The van der Waals surface area contributed by atoms with E-state index in [0.29, 0.717) is 17.6 Å². The van der Waals surface area contributed by atoms with E-state index in [-0.39, 0.29) is 0 Å². The predicted molar refractivity (Wildman–Crippen MR) is 69.1 cm³/mol. The van der Waals surface area contributed by atoms with Crippen molar-refractivity contribution < 1.29 is 4.74 Å². The molecule has 0 aromatic rings.